The first-order chi connectivity index (χ1) is 13.6. The smallest absolute Gasteiger partial charge is 0.410 e. The molecule has 28 heavy (non-hydrogen) atoms. The summed E-state index contributed by atoms with van der Waals surface area (Å²) >= 11 is 0. The molecule has 4 aromatic rings. The second-order valence-corrected chi connectivity index (χ2v) is 6.30. The molecule has 0 fully saturated rings. The second kappa shape index (κ2) is 7.40. The van der Waals surface area contributed by atoms with Gasteiger partial charge in [0.15, 0.2) is 0 Å². The van der Waals surface area contributed by atoms with Crippen LogP contribution in [0.1, 0.15) is 11.4 Å². The summed E-state index contributed by atoms with van der Waals surface area (Å²) in [5.74, 6) is 0.967. The predicted molar refractivity (Wildman–Crippen MR) is 107 cm³/mol. The predicted octanol–water partition coefficient (Wildman–Crippen LogP) is 4.49. The number of amides is 1. The van der Waals surface area contributed by atoms with Gasteiger partial charge in [-0.1, -0.05) is 36.4 Å². The third kappa shape index (κ3) is 3.50. The lowest BCUT2D eigenvalue weighted by molar-refractivity contribution is 0.215. The van der Waals surface area contributed by atoms with E-state index in [1.54, 1.807) is 28.9 Å². The number of H-pyrrole nitrogens is 1. The standard InChI is InChI=1S/C21H19N5O2/c1-14-20(15(2)24-23-14)18-13-19(26(25-18)16-9-5-3-6-10-16)22-21(27)28-17-11-7-4-8-12-17/h3-13H,1-2H3,(H,22,27)(H,23,24). The van der Waals surface area contributed by atoms with Crippen molar-refractivity contribution in [2.24, 2.45) is 0 Å². The van der Waals surface area contributed by atoms with Crippen molar-refractivity contribution in [3.8, 4) is 22.7 Å². The van der Waals surface area contributed by atoms with E-state index < -0.39 is 6.09 Å². The highest BCUT2D eigenvalue weighted by Crippen LogP contribution is 2.28. The highest BCUT2D eigenvalue weighted by Gasteiger charge is 2.18. The minimum Gasteiger partial charge on any atom is -0.410 e. The molecule has 7 heteroatoms. The zero-order valence-corrected chi connectivity index (χ0v) is 15.5. The van der Waals surface area contributed by atoms with Crippen LogP contribution in [0.25, 0.3) is 16.9 Å². The van der Waals surface area contributed by atoms with E-state index in [1.807, 2.05) is 56.3 Å². The Morgan fingerprint density at radius 1 is 1.04 bits per heavy atom. The Morgan fingerprint density at radius 2 is 1.71 bits per heavy atom. The maximum Gasteiger partial charge on any atom is 0.418 e. The molecule has 0 aliphatic rings. The molecule has 2 aromatic carbocycles. The molecule has 4 rings (SSSR count). The van der Waals surface area contributed by atoms with Crippen molar-refractivity contribution >= 4 is 11.9 Å². The van der Waals surface area contributed by atoms with E-state index in [-0.39, 0.29) is 0 Å². The summed E-state index contributed by atoms with van der Waals surface area (Å²) in [7, 11) is 0. The number of rotatable bonds is 4. The van der Waals surface area contributed by atoms with Gasteiger partial charge < -0.3 is 4.74 Å². The topological polar surface area (TPSA) is 84.8 Å². The van der Waals surface area contributed by atoms with Crippen molar-refractivity contribution in [2.75, 3.05) is 5.32 Å². The van der Waals surface area contributed by atoms with Crippen LogP contribution in [0.5, 0.6) is 5.75 Å². The van der Waals surface area contributed by atoms with E-state index in [2.05, 4.69) is 15.5 Å². The van der Waals surface area contributed by atoms with Crippen molar-refractivity contribution in [1.29, 1.82) is 0 Å². The quantitative estimate of drug-likeness (QED) is 0.552. The zero-order chi connectivity index (χ0) is 19.5. The molecule has 0 spiro atoms. The number of benzene rings is 2. The van der Waals surface area contributed by atoms with Gasteiger partial charge in [-0.3, -0.25) is 10.4 Å². The van der Waals surface area contributed by atoms with Crippen LogP contribution in [0, 0.1) is 13.8 Å². The van der Waals surface area contributed by atoms with Gasteiger partial charge in [-0.2, -0.15) is 10.2 Å². The average molecular weight is 373 g/mol. The normalized spacial score (nSPS) is 10.6. The van der Waals surface area contributed by atoms with Crippen LogP contribution in [0.4, 0.5) is 10.6 Å². The fourth-order valence-corrected chi connectivity index (χ4v) is 3.01. The molecule has 0 radical (unpaired) electrons. The number of hydrogen-bond acceptors (Lipinski definition) is 4. The van der Waals surface area contributed by atoms with Gasteiger partial charge in [0.05, 0.1) is 17.1 Å². The molecule has 0 saturated heterocycles. The molecule has 2 aromatic heterocycles. The van der Waals surface area contributed by atoms with Gasteiger partial charge >= 0.3 is 6.09 Å². The lowest BCUT2D eigenvalue weighted by atomic mass is 10.1. The maximum absolute atomic E-state index is 12.4. The number of carbonyl (C=O) groups excluding carboxylic acids is 1. The van der Waals surface area contributed by atoms with Gasteiger partial charge in [-0.15, -0.1) is 0 Å². The number of aryl methyl sites for hydroxylation is 2. The Balaban J connectivity index is 1.70. The molecule has 2 heterocycles. The Labute approximate surface area is 162 Å². The molecule has 140 valence electrons. The number of ether oxygens (including phenoxy) is 1. The SMILES string of the molecule is Cc1n[nH]c(C)c1-c1cc(NC(=O)Oc2ccccc2)n(-c2ccccc2)n1. The molecule has 0 aliphatic carbocycles. The number of aromatic amines is 1. The van der Waals surface area contributed by atoms with Crippen molar-refractivity contribution < 1.29 is 9.53 Å². The highest BCUT2D eigenvalue weighted by molar-refractivity contribution is 5.87. The Bertz CT molecular complexity index is 1080. The number of aromatic nitrogens is 4. The maximum atomic E-state index is 12.4. The monoisotopic (exact) mass is 373 g/mol. The van der Waals surface area contributed by atoms with Crippen molar-refractivity contribution in [1.82, 2.24) is 20.0 Å². The molecule has 0 aliphatic heterocycles. The molecule has 2 N–H and O–H groups in total. The first-order valence-electron chi connectivity index (χ1n) is 8.83. The van der Waals surface area contributed by atoms with Crippen LogP contribution in [-0.2, 0) is 0 Å². The highest BCUT2D eigenvalue weighted by atomic mass is 16.6. The molecule has 0 bridgehead atoms. The fourth-order valence-electron chi connectivity index (χ4n) is 3.01. The van der Waals surface area contributed by atoms with Crippen LogP contribution in [0.2, 0.25) is 0 Å². The zero-order valence-electron chi connectivity index (χ0n) is 15.5. The molecular formula is C21H19N5O2. The van der Waals surface area contributed by atoms with Gasteiger partial charge in [0.2, 0.25) is 0 Å². The molecule has 0 unspecified atom stereocenters. The van der Waals surface area contributed by atoms with Crippen LogP contribution in [0.15, 0.2) is 66.7 Å². The van der Waals surface area contributed by atoms with Gasteiger partial charge in [0, 0.05) is 17.3 Å². The van der Waals surface area contributed by atoms with E-state index >= 15 is 0 Å². The summed E-state index contributed by atoms with van der Waals surface area (Å²) in [5.41, 5.74) is 4.20. The molecule has 0 atom stereocenters. The number of para-hydroxylation sites is 2. The average Bonchev–Trinajstić information content (AvgIpc) is 3.25. The van der Waals surface area contributed by atoms with Crippen LogP contribution in [0.3, 0.4) is 0 Å². The summed E-state index contributed by atoms with van der Waals surface area (Å²) in [5, 5.41) is 14.7. The summed E-state index contributed by atoms with van der Waals surface area (Å²) in [6, 6.07) is 20.3. The largest absolute Gasteiger partial charge is 0.418 e. The molecular weight excluding hydrogens is 354 g/mol. The molecule has 0 saturated carbocycles. The number of nitrogens with zero attached hydrogens (tertiary/aromatic N) is 3. The van der Waals surface area contributed by atoms with E-state index in [1.165, 1.54) is 0 Å². The third-order valence-corrected chi connectivity index (χ3v) is 4.28. The summed E-state index contributed by atoms with van der Waals surface area (Å²) in [4.78, 5) is 12.4. The first-order valence-corrected chi connectivity index (χ1v) is 8.83. The Kier molecular flexibility index (Phi) is 4.63. The van der Waals surface area contributed by atoms with Crippen molar-refractivity contribution in [3.63, 3.8) is 0 Å². The number of anilines is 1. The van der Waals surface area contributed by atoms with Crippen molar-refractivity contribution in [3.05, 3.63) is 78.1 Å². The Morgan fingerprint density at radius 3 is 2.36 bits per heavy atom. The second-order valence-electron chi connectivity index (χ2n) is 6.30. The van der Waals surface area contributed by atoms with E-state index in [0.29, 0.717) is 17.3 Å². The molecule has 1 amide bonds. The minimum atomic E-state index is -0.588. The summed E-state index contributed by atoms with van der Waals surface area (Å²) < 4.78 is 7.02. The first kappa shape index (κ1) is 17.5. The van der Waals surface area contributed by atoms with E-state index in [9.17, 15) is 4.79 Å². The lowest BCUT2D eigenvalue weighted by Crippen LogP contribution is -2.19. The Hall–Kier alpha value is -3.87. The number of nitrogens with one attached hydrogen (secondary N) is 2. The van der Waals surface area contributed by atoms with Gasteiger partial charge in [-0.05, 0) is 38.1 Å². The van der Waals surface area contributed by atoms with Gasteiger partial charge in [0.25, 0.3) is 0 Å². The number of carbonyl (C=O) groups is 1. The van der Waals surface area contributed by atoms with E-state index in [0.717, 1.165) is 22.6 Å². The van der Waals surface area contributed by atoms with E-state index in [4.69, 9.17) is 9.84 Å². The molecule has 7 nitrogen and oxygen atoms in total. The lowest BCUT2D eigenvalue weighted by Gasteiger charge is -2.09. The van der Waals surface area contributed by atoms with Gasteiger partial charge in [-0.25, -0.2) is 9.48 Å². The third-order valence-electron chi connectivity index (χ3n) is 4.28. The fraction of sp³-hybridized carbons (Fsp3) is 0.0952. The van der Waals surface area contributed by atoms with Crippen LogP contribution >= 0.6 is 0 Å². The summed E-state index contributed by atoms with van der Waals surface area (Å²) in [6.45, 7) is 3.85. The number of hydrogen-bond donors (Lipinski definition) is 2. The van der Waals surface area contributed by atoms with Crippen molar-refractivity contribution in [2.45, 2.75) is 13.8 Å². The minimum absolute atomic E-state index is 0.465. The summed E-state index contributed by atoms with van der Waals surface area (Å²) in [6.07, 6.45) is -0.588. The van der Waals surface area contributed by atoms with Crippen LogP contribution < -0.4 is 10.1 Å². The van der Waals surface area contributed by atoms with Gasteiger partial charge in [0.1, 0.15) is 11.6 Å². The van der Waals surface area contributed by atoms with Crippen LogP contribution in [-0.4, -0.2) is 26.1 Å².